The molecule has 2 aromatic rings. The Morgan fingerprint density at radius 3 is 2.14 bits per heavy atom. The Balaban J connectivity index is 1.20. The number of hydrogen-bond donors (Lipinski definition) is 1. The summed E-state index contributed by atoms with van der Waals surface area (Å²) < 4.78 is 11.1. The fourth-order valence-corrected chi connectivity index (χ4v) is 3.24. The molecule has 5 nitrogen and oxygen atoms in total. The number of nitrogens with zero attached hydrogens (tertiary/aromatic N) is 1. The van der Waals surface area contributed by atoms with E-state index in [0.29, 0.717) is 34.9 Å². The second-order valence-corrected chi connectivity index (χ2v) is 7.70. The van der Waals surface area contributed by atoms with Crippen molar-refractivity contribution in [2.24, 2.45) is 5.92 Å². The third-order valence-corrected chi connectivity index (χ3v) is 5.01. The monoisotopic (exact) mass is 422 g/mol. The lowest BCUT2D eigenvalue weighted by Crippen LogP contribution is -2.52. The van der Waals surface area contributed by atoms with Crippen LogP contribution in [0.3, 0.4) is 0 Å². The van der Waals surface area contributed by atoms with Crippen LogP contribution in [0.1, 0.15) is 6.42 Å². The maximum Gasteiger partial charge on any atom is 0.257 e. The van der Waals surface area contributed by atoms with Crippen LogP contribution in [0.15, 0.2) is 48.5 Å². The van der Waals surface area contributed by atoms with Crippen molar-refractivity contribution in [2.75, 3.05) is 39.4 Å². The molecule has 1 N–H and O–H groups in total. The molecule has 1 amide bonds. The summed E-state index contributed by atoms with van der Waals surface area (Å²) in [6, 6.07) is 14.4. The van der Waals surface area contributed by atoms with Crippen LogP contribution in [0.2, 0.25) is 10.0 Å². The fraction of sp³-hybridized carbons (Fsp3) is 0.381. The lowest BCUT2D eigenvalue weighted by Gasteiger charge is -2.39. The van der Waals surface area contributed by atoms with Gasteiger partial charge in [0.2, 0.25) is 0 Å². The number of carbonyl (C=O) groups excluding carboxylic acids is 1. The van der Waals surface area contributed by atoms with Gasteiger partial charge in [0.25, 0.3) is 5.91 Å². The summed E-state index contributed by atoms with van der Waals surface area (Å²) in [6.45, 7) is 4.37. The molecule has 7 heteroatoms. The maximum absolute atomic E-state index is 11.9. The van der Waals surface area contributed by atoms with E-state index in [0.717, 1.165) is 31.8 Å². The number of rotatable bonds is 10. The summed E-state index contributed by atoms with van der Waals surface area (Å²) in [5, 5.41) is 4.28. The van der Waals surface area contributed by atoms with Gasteiger partial charge in [-0.15, -0.1) is 0 Å². The summed E-state index contributed by atoms with van der Waals surface area (Å²) in [4.78, 5) is 14.2. The van der Waals surface area contributed by atoms with Crippen LogP contribution in [0.25, 0.3) is 0 Å². The zero-order valence-corrected chi connectivity index (χ0v) is 17.1. The molecule has 150 valence electrons. The highest BCUT2D eigenvalue weighted by Crippen LogP contribution is 2.18. The minimum Gasteiger partial charge on any atom is -0.494 e. The Kier molecular flexibility index (Phi) is 7.83. The van der Waals surface area contributed by atoms with E-state index in [2.05, 4.69) is 10.2 Å². The molecule has 0 aliphatic carbocycles. The van der Waals surface area contributed by atoms with Crippen molar-refractivity contribution >= 4 is 29.1 Å². The lowest BCUT2D eigenvalue weighted by molar-refractivity contribution is -0.123. The molecule has 1 aliphatic heterocycles. The Labute approximate surface area is 175 Å². The van der Waals surface area contributed by atoms with Crippen molar-refractivity contribution in [3.8, 4) is 11.5 Å². The van der Waals surface area contributed by atoms with Crippen LogP contribution in [-0.4, -0.2) is 50.2 Å². The molecular formula is C21H24Cl2N2O3. The van der Waals surface area contributed by atoms with Gasteiger partial charge < -0.3 is 19.7 Å². The van der Waals surface area contributed by atoms with Crippen molar-refractivity contribution in [1.82, 2.24) is 10.2 Å². The molecule has 0 bridgehead atoms. The molecular weight excluding hydrogens is 399 g/mol. The molecule has 1 aliphatic rings. The molecule has 1 fully saturated rings. The van der Waals surface area contributed by atoms with Gasteiger partial charge in [-0.3, -0.25) is 4.79 Å². The number of carbonyl (C=O) groups is 1. The first-order valence-electron chi connectivity index (χ1n) is 9.34. The Morgan fingerprint density at radius 2 is 1.54 bits per heavy atom. The first kappa shape index (κ1) is 20.8. The van der Waals surface area contributed by atoms with Crippen LogP contribution in [0, 0.1) is 5.92 Å². The average Bonchev–Trinajstić information content (AvgIpc) is 2.66. The van der Waals surface area contributed by atoms with Gasteiger partial charge in [-0.05, 0) is 55.0 Å². The van der Waals surface area contributed by atoms with Crippen LogP contribution in [0.5, 0.6) is 11.5 Å². The summed E-state index contributed by atoms with van der Waals surface area (Å²) in [5.74, 6) is 1.87. The van der Waals surface area contributed by atoms with E-state index in [1.165, 1.54) is 0 Å². The molecule has 1 heterocycles. The summed E-state index contributed by atoms with van der Waals surface area (Å²) in [7, 11) is 0. The molecule has 28 heavy (non-hydrogen) atoms. The van der Waals surface area contributed by atoms with E-state index in [1.54, 1.807) is 24.3 Å². The zero-order valence-electron chi connectivity index (χ0n) is 15.6. The van der Waals surface area contributed by atoms with Gasteiger partial charge in [0.05, 0.1) is 6.61 Å². The lowest BCUT2D eigenvalue weighted by atomic mass is 10.00. The molecule has 0 radical (unpaired) electrons. The number of benzene rings is 2. The van der Waals surface area contributed by atoms with E-state index >= 15 is 0 Å². The minimum absolute atomic E-state index is 0.0140. The summed E-state index contributed by atoms with van der Waals surface area (Å²) >= 11 is 11.7. The predicted molar refractivity (Wildman–Crippen MR) is 111 cm³/mol. The molecule has 2 aromatic carbocycles. The number of ether oxygens (including phenoxy) is 2. The van der Waals surface area contributed by atoms with E-state index in [9.17, 15) is 4.79 Å². The van der Waals surface area contributed by atoms with Gasteiger partial charge in [-0.1, -0.05) is 23.2 Å². The standard InChI is InChI=1S/C21H24Cl2N2O3/c22-17-2-6-19(7-3-17)27-11-1-10-25-13-16(14-25)12-24-21(26)15-28-20-8-4-18(23)5-9-20/h2-9,16H,1,10-15H2,(H,24,26). The predicted octanol–water partition coefficient (Wildman–Crippen LogP) is 3.89. The highest BCUT2D eigenvalue weighted by molar-refractivity contribution is 6.30. The smallest absolute Gasteiger partial charge is 0.257 e. The van der Waals surface area contributed by atoms with Crippen LogP contribution in [-0.2, 0) is 4.79 Å². The maximum atomic E-state index is 11.9. The van der Waals surface area contributed by atoms with Crippen molar-refractivity contribution in [1.29, 1.82) is 0 Å². The molecule has 0 spiro atoms. The zero-order chi connectivity index (χ0) is 19.8. The first-order chi connectivity index (χ1) is 13.6. The van der Waals surface area contributed by atoms with Crippen molar-refractivity contribution in [3.63, 3.8) is 0 Å². The number of nitrogens with one attached hydrogen (secondary N) is 1. The van der Waals surface area contributed by atoms with Gasteiger partial charge in [-0.2, -0.15) is 0 Å². The number of amides is 1. The van der Waals surface area contributed by atoms with E-state index in [4.69, 9.17) is 32.7 Å². The molecule has 3 rings (SSSR count). The van der Waals surface area contributed by atoms with Gasteiger partial charge in [0.15, 0.2) is 6.61 Å². The van der Waals surface area contributed by atoms with Crippen LogP contribution in [0.4, 0.5) is 0 Å². The number of likely N-dealkylation sites (tertiary alicyclic amines) is 1. The van der Waals surface area contributed by atoms with Gasteiger partial charge in [0.1, 0.15) is 11.5 Å². The Hall–Kier alpha value is -1.95. The highest BCUT2D eigenvalue weighted by Gasteiger charge is 2.26. The summed E-state index contributed by atoms with van der Waals surface area (Å²) in [6.07, 6.45) is 0.969. The normalized spacial score (nSPS) is 14.4. The largest absolute Gasteiger partial charge is 0.494 e. The van der Waals surface area contributed by atoms with E-state index in [-0.39, 0.29) is 12.5 Å². The third kappa shape index (κ3) is 6.89. The molecule has 0 atom stereocenters. The summed E-state index contributed by atoms with van der Waals surface area (Å²) in [5.41, 5.74) is 0. The van der Waals surface area contributed by atoms with Gasteiger partial charge in [0, 0.05) is 42.1 Å². The Morgan fingerprint density at radius 1 is 0.964 bits per heavy atom. The van der Waals surface area contributed by atoms with Gasteiger partial charge >= 0.3 is 0 Å². The quantitative estimate of drug-likeness (QED) is 0.590. The van der Waals surface area contributed by atoms with E-state index < -0.39 is 0 Å². The molecule has 1 saturated heterocycles. The minimum atomic E-state index is -0.107. The fourth-order valence-electron chi connectivity index (χ4n) is 2.99. The van der Waals surface area contributed by atoms with Crippen molar-refractivity contribution in [2.45, 2.75) is 6.42 Å². The SMILES string of the molecule is O=C(COc1ccc(Cl)cc1)NCC1CN(CCCOc2ccc(Cl)cc2)C1. The van der Waals surface area contributed by atoms with E-state index in [1.807, 2.05) is 24.3 Å². The number of halogens is 2. The third-order valence-electron chi connectivity index (χ3n) is 4.51. The average molecular weight is 423 g/mol. The molecule has 0 saturated carbocycles. The van der Waals surface area contributed by atoms with Crippen molar-refractivity contribution < 1.29 is 14.3 Å². The van der Waals surface area contributed by atoms with Crippen LogP contribution < -0.4 is 14.8 Å². The first-order valence-corrected chi connectivity index (χ1v) is 10.1. The van der Waals surface area contributed by atoms with Crippen LogP contribution >= 0.6 is 23.2 Å². The Bertz CT molecular complexity index is 747. The van der Waals surface area contributed by atoms with Gasteiger partial charge in [-0.25, -0.2) is 0 Å². The topological polar surface area (TPSA) is 50.8 Å². The molecule has 0 aromatic heterocycles. The number of hydrogen-bond acceptors (Lipinski definition) is 4. The second-order valence-electron chi connectivity index (χ2n) is 6.83. The molecule has 0 unspecified atom stereocenters. The highest BCUT2D eigenvalue weighted by atomic mass is 35.5. The second kappa shape index (κ2) is 10.6. The van der Waals surface area contributed by atoms with Crippen molar-refractivity contribution in [3.05, 3.63) is 58.6 Å².